The van der Waals surface area contributed by atoms with Crippen LogP contribution in [0.15, 0.2) is 12.2 Å². The summed E-state index contributed by atoms with van der Waals surface area (Å²) in [7, 11) is 0. The van der Waals surface area contributed by atoms with Gasteiger partial charge in [-0.15, -0.1) is 0 Å². The van der Waals surface area contributed by atoms with Gasteiger partial charge in [0.25, 0.3) is 0 Å². The van der Waals surface area contributed by atoms with Gasteiger partial charge in [-0.2, -0.15) is 0 Å². The van der Waals surface area contributed by atoms with Gasteiger partial charge in [0.1, 0.15) is 6.10 Å². The molecular weight excluding hydrogens is 260 g/mol. The van der Waals surface area contributed by atoms with E-state index in [-0.39, 0.29) is 36.0 Å². The van der Waals surface area contributed by atoms with E-state index in [0.29, 0.717) is 12.8 Å². The van der Waals surface area contributed by atoms with E-state index in [1.165, 1.54) is 0 Å². The molecule has 3 heterocycles. The van der Waals surface area contributed by atoms with Gasteiger partial charge in [0.15, 0.2) is 12.2 Å². The molecule has 6 unspecified atom stereocenters. The van der Waals surface area contributed by atoms with Gasteiger partial charge in [-0.25, -0.2) is 0 Å². The van der Waals surface area contributed by atoms with Crippen molar-refractivity contribution in [1.29, 1.82) is 0 Å². The maximum Gasteiger partial charge on any atom is 0.312 e. The third-order valence-electron chi connectivity index (χ3n) is 4.52. The van der Waals surface area contributed by atoms with E-state index in [0.717, 1.165) is 6.42 Å². The van der Waals surface area contributed by atoms with Gasteiger partial charge in [-0.05, 0) is 26.2 Å². The minimum absolute atomic E-state index is 0.141. The van der Waals surface area contributed by atoms with Crippen molar-refractivity contribution < 1.29 is 23.8 Å². The number of rotatable bonds is 5. The van der Waals surface area contributed by atoms with Gasteiger partial charge in [0.05, 0.1) is 17.9 Å². The second-order valence-corrected chi connectivity index (χ2v) is 5.69. The van der Waals surface area contributed by atoms with Crippen LogP contribution in [0.25, 0.3) is 0 Å². The average Bonchev–Trinajstić information content (AvgIpc) is 3.04. The lowest BCUT2D eigenvalue weighted by molar-refractivity contribution is -0.164. The molecule has 0 saturated carbocycles. The highest BCUT2D eigenvalue weighted by Crippen LogP contribution is 2.47. The Morgan fingerprint density at radius 2 is 2.30 bits per heavy atom. The smallest absolute Gasteiger partial charge is 0.312 e. The minimum Gasteiger partial charge on any atom is -0.455 e. The van der Waals surface area contributed by atoms with Crippen molar-refractivity contribution in [2.24, 2.45) is 11.8 Å². The Kier molecular flexibility index (Phi) is 3.54. The number of esters is 2. The van der Waals surface area contributed by atoms with Crippen LogP contribution in [0.4, 0.5) is 0 Å². The van der Waals surface area contributed by atoms with Crippen molar-refractivity contribution >= 4 is 11.9 Å². The van der Waals surface area contributed by atoms with Crippen molar-refractivity contribution in [3.8, 4) is 0 Å². The summed E-state index contributed by atoms with van der Waals surface area (Å²) in [4.78, 5) is 23.8. The summed E-state index contributed by atoms with van der Waals surface area (Å²) >= 11 is 0. The highest BCUT2D eigenvalue weighted by atomic mass is 16.7. The van der Waals surface area contributed by atoms with Gasteiger partial charge < -0.3 is 14.2 Å². The molecule has 0 spiro atoms. The van der Waals surface area contributed by atoms with Gasteiger partial charge in [-0.1, -0.05) is 19.1 Å². The Morgan fingerprint density at radius 1 is 1.50 bits per heavy atom. The predicted molar refractivity (Wildman–Crippen MR) is 69.7 cm³/mol. The molecular formula is C15H20O5. The number of fused-ring (bicyclic) bond motifs is 1. The predicted octanol–water partition coefficient (Wildman–Crippen LogP) is 1.60. The molecule has 0 N–H and O–H groups in total. The standard InChI is InChI=1S/C15H20O5/c1-3-5-6-8(4-2)14(16)19-12-10-7-9-11(18-10)13(12)20-15(9)17/h3,5,8-13H,4,6-7H2,1-2H3/b5-3-. The highest BCUT2D eigenvalue weighted by molar-refractivity contribution is 5.78. The Balaban J connectivity index is 1.64. The number of ether oxygens (including phenoxy) is 3. The average molecular weight is 280 g/mol. The fourth-order valence-electron chi connectivity index (χ4n) is 3.34. The molecule has 3 aliphatic heterocycles. The monoisotopic (exact) mass is 280 g/mol. The van der Waals surface area contributed by atoms with Crippen molar-refractivity contribution in [3.63, 3.8) is 0 Å². The summed E-state index contributed by atoms with van der Waals surface area (Å²) in [5.74, 6) is -0.712. The van der Waals surface area contributed by atoms with E-state index in [4.69, 9.17) is 14.2 Å². The molecule has 0 radical (unpaired) electrons. The molecule has 110 valence electrons. The van der Waals surface area contributed by atoms with Crippen LogP contribution in [0.3, 0.4) is 0 Å². The Morgan fingerprint density at radius 3 is 3.00 bits per heavy atom. The van der Waals surface area contributed by atoms with Gasteiger partial charge in [-0.3, -0.25) is 9.59 Å². The molecule has 3 aliphatic rings. The quantitative estimate of drug-likeness (QED) is 0.565. The second-order valence-electron chi connectivity index (χ2n) is 5.69. The first-order valence-corrected chi connectivity index (χ1v) is 7.33. The lowest BCUT2D eigenvalue weighted by Gasteiger charge is -2.24. The normalized spacial score (nSPS) is 39.3. The zero-order valence-corrected chi connectivity index (χ0v) is 11.8. The van der Waals surface area contributed by atoms with Gasteiger partial charge in [0.2, 0.25) is 0 Å². The van der Waals surface area contributed by atoms with Crippen LogP contribution in [0, 0.1) is 11.8 Å². The van der Waals surface area contributed by atoms with Crippen LogP contribution in [-0.2, 0) is 23.8 Å². The second kappa shape index (κ2) is 5.20. The summed E-state index contributed by atoms with van der Waals surface area (Å²) in [6.45, 7) is 3.90. The Labute approximate surface area is 118 Å². The zero-order chi connectivity index (χ0) is 14.3. The van der Waals surface area contributed by atoms with E-state index in [2.05, 4.69) is 0 Å². The number of allylic oxidation sites excluding steroid dienone is 2. The molecule has 0 aromatic heterocycles. The van der Waals surface area contributed by atoms with E-state index in [1.807, 2.05) is 26.0 Å². The first-order chi connectivity index (χ1) is 9.65. The lowest BCUT2D eigenvalue weighted by atomic mass is 9.88. The molecule has 3 saturated heterocycles. The van der Waals surface area contributed by atoms with Crippen LogP contribution < -0.4 is 0 Å². The third-order valence-corrected chi connectivity index (χ3v) is 4.52. The molecule has 20 heavy (non-hydrogen) atoms. The van der Waals surface area contributed by atoms with E-state index < -0.39 is 12.2 Å². The summed E-state index contributed by atoms with van der Waals surface area (Å²) in [6.07, 6.45) is 4.73. The number of carbonyl (C=O) groups excluding carboxylic acids is 2. The largest absolute Gasteiger partial charge is 0.455 e. The molecule has 0 aliphatic carbocycles. The van der Waals surface area contributed by atoms with E-state index >= 15 is 0 Å². The highest BCUT2D eigenvalue weighted by Gasteiger charge is 2.65. The van der Waals surface area contributed by atoms with E-state index in [1.54, 1.807) is 0 Å². The molecule has 5 nitrogen and oxygen atoms in total. The molecule has 0 amide bonds. The van der Waals surface area contributed by atoms with Crippen molar-refractivity contribution in [2.75, 3.05) is 0 Å². The summed E-state index contributed by atoms with van der Waals surface area (Å²) in [6, 6.07) is 0. The SMILES string of the molecule is C/C=C\CC(CC)C(=O)OC1C2CC3C(=O)OC1C3O2. The maximum absolute atomic E-state index is 12.2. The van der Waals surface area contributed by atoms with Crippen LogP contribution in [0.1, 0.15) is 33.1 Å². The minimum atomic E-state index is -0.421. The fraction of sp³-hybridized carbons (Fsp3) is 0.733. The van der Waals surface area contributed by atoms with E-state index in [9.17, 15) is 9.59 Å². The molecule has 6 atom stereocenters. The third kappa shape index (κ3) is 2.04. The fourth-order valence-corrected chi connectivity index (χ4v) is 3.34. The number of carbonyl (C=O) groups is 2. The molecule has 5 heteroatoms. The van der Waals surface area contributed by atoms with Crippen LogP contribution in [0.5, 0.6) is 0 Å². The first-order valence-electron chi connectivity index (χ1n) is 7.33. The first kappa shape index (κ1) is 13.6. The Hall–Kier alpha value is -1.36. The van der Waals surface area contributed by atoms with Crippen molar-refractivity contribution in [2.45, 2.75) is 57.5 Å². The van der Waals surface area contributed by atoms with Crippen LogP contribution in [0.2, 0.25) is 0 Å². The zero-order valence-electron chi connectivity index (χ0n) is 11.8. The molecule has 0 aromatic rings. The Bertz CT molecular complexity index is 444. The number of hydrogen-bond acceptors (Lipinski definition) is 5. The molecule has 0 aromatic carbocycles. The van der Waals surface area contributed by atoms with Crippen molar-refractivity contribution in [1.82, 2.24) is 0 Å². The lowest BCUT2D eigenvalue weighted by Crippen LogP contribution is -2.41. The van der Waals surface area contributed by atoms with Gasteiger partial charge in [0, 0.05) is 0 Å². The van der Waals surface area contributed by atoms with Crippen LogP contribution in [-0.4, -0.2) is 36.4 Å². The molecule has 2 bridgehead atoms. The molecule has 3 fully saturated rings. The number of hydrogen-bond donors (Lipinski definition) is 0. The maximum atomic E-state index is 12.2. The van der Waals surface area contributed by atoms with Crippen LogP contribution >= 0.6 is 0 Å². The van der Waals surface area contributed by atoms with Gasteiger partial charge >= 0.3 is 11.9 Å². The van der Waals surface area contributed by atoms with Crippen molar-refractivity contribution in [3.05, 3.63) is 12.2 Å². The summed E-state index contributed by atoms with van der Waals surface area (Å²) in [5.41, 5.74) is 0. The summed E-state index contributed by atoms with van der Waals surface area (Å²) in [5, 5.41) is 0. The summed E-state index contributed by atoms with van der Waals surface area (Å²) < 4.78 is 16.6. The topological polar surface area (TPSA) is 61.8 Å². The molecule has 3 rings (SSSR count).